The van der Waals surface area contributed by atoms with Crippen LogP contribution >= 0.6 is 15.9 Å². The second kappa shape index (κ2) is 5.04. The van der Waals surface area contributed by atoms with Crippen LogP contribution in [0.2, 0.25) is 0 Å². The van der Waals surface area contributed by atoms with Crippen molar-refractivity contribution < 1.29 is 36.6 Å². The molecule has 0 aliphatic heterocycles. The van der Waals surface area contributed by atoms with Crippen LogP contribution in [-0.4, -0.2) is 22.4 Å². The van der Waals surface area contributed by atoms with Crippen molar-refractivity contribution >= 4 is 21.9 Å². The summed E-state index contributed by atoms with van der Waals surface area (Å²) in [5.41, 5.74) is -2.03. The average Bonchev–Trinajstić information content (AvgIpc) is 2.12. The predicted octanol–water partition coefficient (Wildman–Crippen LogP) is 3.38. The Morgan fingerprint density at radius 3 is 2.39 bits per heavy atom. The highest BCUT2D eigenvalue weighted by Gasteiger charge is 2.34. The second-order valence-electron chi connectivity index (χ2n) is 2.86. The van der Waals surface area contributed by atoms with E-state index in [0.29, 0.717) is 0 Å². The molecule has 10 heteroatoms. The fraction of sp³-hybridized carbons (Fsp3) is 0.250. The summed E-state index contributed by atoms with van der Waals surface area (Å²) in [6, 6.07) is 0.229. The molecule has 1 heterocycles. The molecule has 0 bridgehead atoms. The van der Waals surface area contributed by atoms with Gasteiger partial charge >= 0.3 is 12.3 Å². The van der Waals surface area contributed by atoms with Gasteiger partial charge in [-0.25, -0.2) is 18.6 Å². The Bertz CT molecular complexity index is 477. The van der Waals surface area contributed by atoms with Gasteiger partial charge in [0.2, 0.25) is 0 Å². The SMILES string of the molecule is O=C(O)c1c(OC(F)(F)F)cc(C(F)F)nc1Br. The van der Waals surface area contributed by atoms with Gasteiger partial charge in [-0.05, 0) is 15.9 Å². The minimum absolute atomic E-state index is 0.229. The number of aromatic carboxylic acids is 1. The lowest BCUT2D eigenvalue weighted by Gasteiger charge is -2.13. The molecule has 0 spiro atoms. The summed E-state index contributed by atoms with van der Waals surface area (Å²) in [5.74, 6) is -3.05. The largest absolute Gasteiger partial charge is 0.573 e. The number of hydrogen-bond acceptors (Lipinski definition) is 3. The maximum atomic E-state index is 12.3. The summed E-state index contributed by atoms with van der Waals surface area (Å²) in [6.45, 7) is 0. The van der Waals surface area contributed by atoms with Crippen molar-refractivity contribution in [2.24, 2.45) is 0 Å². The molecule has 1 N–H and O–H groups in total. The molecular weight excluding hydrogens is 333 g/mol. The van der Waals surface area contributed by atoms with Crippen LogP contribution in [0.1, 0.15) is 22.5 Å². The first-order valence-electron chi connectivity index (χ1n) is 4.09. The highest BCUT2D eigenvalue weighted by molar-refractivity contribution is 9.10. The van der Waals surface area contributed by atoms with Crippen LogP contribution in [0.3, 0.4) is 0 Å². The van der Waals surface area contributed by atoms with Gasteiger partial charge in [-0.1, -0.05) is 0 Å². The van der Waals surface area contributed by atoms with Crippen molar-refractivity contribution in [2.45, 2.75) is 12.8 Å². The molecule has 4 nitrogen and oxygen atoms in total. The third kappa shape index (κ3) is 3.52. The van der Waals surface area contributed by atoms with Crippen molar-refractivity contribution in [1.29, 1.82) is 0 Å². The van der Waals surface area contributed by atoms with E-state index in [-0.39, 0.29) is 6.07 Å². The topological polar surface area (TPSA) is 59.4 Å². The summed E-state index contributed by atoms with van der Waals surface area (Å²) in [6.07, 6.45) is -8.37. The molecule has 0 aliphatic rings. The molecule has 1 aromatic rings. The van der Waals surface area contributed by atoms with Gasteiger partial charge in [-0.2, -0.15) is 0 Å². The van der Waals surface area contributed by atoms with Gasteiger partial charge in [-0.3, -0.25) is 0 Å². The monoisotopic (exact) mass is 335 g/mol. The van der Waals surface area contributed by atoms with Gasteiger partial charge in [0.25, 0.3) is 6.43 Å². The van der Waals surface area contributed by atoms with E-state index in [1.165, 1.54) is 0 Å². The van der Waals surface area contributed by atoms with Gasteiger partial charge in [-0.15, -0.1) is 13.2 Å². The van der Waals surface area contributed by atoms with Crippen molar-refractivity contribution in [3.8, 4) is 5.75 Å². The number of pyridine rings is 1. The van der Waals surface area contributed by atoms with E-state index in [1.807, 2.05) is 0 Å². The highest BCUT2D eigenvalue weighted by atomic mass is 79.9. The summed E-state index contributed by atoms with van der Waals surface area (Å²) < 4.78 is 63.4. The van der Waals surface area contributed by atoms with Gasteiger partial charge in [0.1, 0.15) is 21.6 Å². The number of carbonyl (C=O) groups is 1. The minimum Gasteiger partial charge on any atom is -0.477 e. The lowest BCUT2D eigenvalue weighted by molar-refractivity contribution is -0.274. The Labute approximate surface area is 105 Å². The van der Waals surface area contributed by atoms with E-state index >= 15 is 0 Å². The molecule has 0 aliphatic carbocycles. The van der Waals surface area contributed by atoms with Crippen LogP contribution in [0, 0.1) is 0 Å². The third-order valence-electron chi connectivity index (χ3n) is 1.62. The standard InChI is InChI=1S/C8H3BrF5NO3/c9-5-4(7(16)17)3(18-8(12,13)14)1-2(15-5)6(10)11/h1,6H,(H,16,17). The van der Waals surface area contributed by atoms with Gasteiger partial charge in [0.15, 0.2) is 0 Å². The Hall–Kier alpha value is -1.45. The Morgan fingerprint density at radius 1 is 1.44 bits per heavy atom. The van der Waals surface area contributed by atoms with E-state index in [1.54, 1.807) is 0 Å². The molecule has 18 heavy (non-hydrogen) atoms. The molecular formula is C8H3BrF5NO3. The van der Waals surface area contributed by atoms with Gasteiger partial charge in [0.05, 0.1) is 0 Å². The van der Waals surface area contributed by atoms with Gasteiger partial charge in [0, 0.05) is 6.07 Å². The number of halogens is 6. The molecule has 0 fully saturated rings. The smallest absolute Gasteiger partial charge is 0.477 e. The van der Waals surface area contributed by atoms with E-state index in [0.717, 1.165) is 0 Å². The minimum atomic E-state index is -5.20. The fourth-order valence-corrected chi connectivity index (χ4v) is 1.59. The maximum absolute atomic E-state index is 12.3. The summed E-state index contributed by atoms with van der Waals surface area (Å²) >= 11 is 2.50. The van der Waals surface area contributed by atoms with Crippen LogP contribution in [-0.2, 0) is 0 Å². The Balaban J connectivity index is 3.38. The van der Waals surface area contributed by atoms with Crippen LogP contribution in [0.4, 0.5) is 22.0 Å². The van der Waals surface area contributed by atoms with Crippen molar-refractivity contribution in [1.82, 2.24) is 4.98 Å². The molecule has 0 amide bonds. The Morgan fingerprint density at radius 2 is 2.00 bits per heavy atom. The number of rotatable bonds is 3. The molecule has 1 aromatic heterocycles. The number of alkyl halides is 5. The summed E-state index contributed by atoms with van der Waals surface area (Å²) in [5, 5.41) is 8.67. The normalized spacial score (nSPS) is 11.7. The molecule has 100 valence electrons. The van der Waals surface area contributed by atoms with Crippen molar-refractivity contribution in [2.75, 3.05) is 0 Å². The number of ether oxygens (including phenoxy) is 1. The summed E-state index contributed by atoms with van der Waals surface area (Å²) in [4.78, 5) is 13.8. The first-order valence-corrected chi connectivity index (χ1v) is 4.88. The maximum Gasteiger partial charge on any atom is 0.573 e. The molecule has 0 atom stereocenters. The van der Waals surface area contributed by atoms with Crippen molar-refractivity contribution in [3.63, 3.8) is 0 Å². The second-order valence-corrected chi connectivity index (χ2v) is 3.62. The summed E-state index contributed by atoms with van der Waals surface area (Å²) in [7, 11) is 0. The zero-order valence-corrected chi connectivity index (χ0v) is 9.72. The van der Waals surface area contributed by atoms with E-state index in [4.69, 9.17) is 5.11 Å². The number of nitrogens with zero attached hydrogens (tertiary/aromatic N) is 1. The van der Waals surface area contributed by atoms with E-state index < -0.39 is 40.4 Å². The molecule has 0 radical (unpaired) electrons. The quantitative estimate of drug-likeness (QED) is 0.679. The van der Waals surface area contributed by atoms with E-state index in [2.05, 4.69) is 25.7 Å². The molecule has 0 saturated carbocycles. The van der Waals surface area contributed by atoms with Crippen LogP contribution < -0.4 is 4.74 Å². The van der Waals surface area contributed by atoms with Crippen LogP contribution in [0.25, 0.3) is 0 Å². The first-order chi connectivity index (χ1) is 8.11. The number of aromatic nitrogens is 1. The fourth-order valence-electron chi connectivity index (χ4n) is 1.02. The molecule has 0 saturated heterocycles. The zero-order valence-electron chi connectivity index (χ0n) is 8.13. The average molecular weight is 336 g/mol. The zero-order chi connectivity index (χ0) is 14.1. The third-order valence-corrected chi connectivity index (χ3v) is 2.20. The molecule has 0 unspecified atom stereocenters. The number of hydrogen-bond donors (Lipinski definition) is 1. The van der Waals surface area contributed by atoms with Gasteiger partial charge < -0.3 is 9.84 Å². The number of carboxylic acids is 1. The lowest BCUT2D eigenvalue weighted by Crippen LogP contribution is -2.20. The Kier molecular flexibility index (Phi) is 4.09. The molecule has 1 rings (SSSR count). The highest BCUT2D eigenvalue weighted by Crippen LogP contribution is 2.33. The van der Waals surface area contributed by atoms with Crippen LogP contribution in [0.5, 0.6) is 5.75 Å². The first kappa shape index (κ1) is 14.6. The van der Waals surface area contributed by atoms with E-state index in [9.17, 15) is 26.7 Å². The lowest BCUT2D eigenvalue weighted by atomic mass is 10.2. The predicted molar refractivity (Wildman–Crippen MR) is 50.5 cm³/mol. The number of carboxylic acid groups (broad SMARTS) is 1. The molecule has 0 aromatic carbocycles. The van der Waals surface area contributed by atoms with Crippen LogP contribution in [0.15, 0.2) is 10.7 Å². The van der Waals surface area contributed by atoms with Crippen molar-refractivity contribution in [3.05, 3.63) is 21.9 Å².